The minimum Gasteiger partial charge on any atom is -0.324 e. The molecule has 2 N–H and O–H groups in total. The molecule has 0 heterocycles. The first-order valence-corrected chi connectivity index (χ1v) is 7.28. The van der Waals surface area contributed by atoms with Crippen LogP contribution in [0, 0.1) is 0 Å². The van der Waals surface area contributed by atoms with Gasteiger partial charge in [-0.05, 0) is 23.3 Å². The first kappa shape index (κ1) is 15.8. The summed E-state index contributed by atoms with van der Waals surface area (Å²) in [4.78, 5) is 11.4. The molecule has 2 nitrogen and oxygen atoms in total. The van der Waals surface area contributed by atoms with Crippen molar-refractivity contribution in [2.45, 2.75) is 6.42 Å². The Bertz CT molecular complexity index is 660. The summed E-state index contributed by atoms with van der Waals surface area (Å²) in [5.74, 6) is 0.0188. The third-order valence-corrected chi connectivity index (χ3v) is 3.68. The van der Waals surface area contributed by atoms with Crippen molar-refractivity contribution >= 4 is 41.1 Å². The normalized spacial score (nSPS) is 11.0. The van der Waals surface area contributed by atoms with Crippen LogP contribution in [-0.2, 0) is 11.2 Å². The van der Waals surface area contributed by atoms with Crippen molar-refractivity contribution in [1.29, 1.82) is 0 Å². The molecule has 0 fully saturated rings. The van der Waals surface area contributed by atoms with Gasteiger partial charge in [0.2, 0.25) is 0 Å². The maximum Gasteiger partial charge on any atom is 0.150 e. The summed E-state index contributed by atoms with van der Waals surface area (Å²) in [5, 5.41) is 1.21. The minimum absolute atomic E-state index is 0.0188. The van der Waals surface area contributed by atoms with E-state index in [4.69, 9.17) is 28.9 Å². The van der Waals surface area contributed by atoms with Crippen molar-refractivity contribution in [2.24, 2.45) is 5.73 Å². The molecule has 0 bridgehead atoms. The molecule has 0 aliphatic heterocycles. The first-order chi connectivity index (χ1) is 10.1. The van der Waals surface area contributed by atoms with Gasteiger partial charge in [0.15, 0.2) is 5.78 Å². The van der Waals surface area contributed by atoms with Gasteiger partial charge in [0.1, 0.15) is 0 Å². The average Bonchev–Trinajstić information content (AvgIpc) is 2.47. The van der Waals surface area contributed by atoms with Gasteiger partial charge in [-0.25, -0.2) is 0 Å². The number of rotatable bonds is 5. The molecule has 21 heavy (non-hydrogen) atoms. The number of carbonyl (C=O) groups excluding carboxylic acids is 1. The zero-order valence-electron chi connectivity index (χ0n) is 11.4. The molecule has 4 heteroatoms. The van der Waals surface area contributed by atoms with Crippen molar-refractivity contribution in [3.63, 3.8) is 0 Å². The summed E-state index contributed by atoms with van der Waals surface area (Å²) < 4.78 is 0. The fourth-order valence-corrected chi connectivity index (χ4v) is 2.48. The Labute approximate surface area is 134 Å². The molecule has 2 aromatic rings. The van der Waals surface area contributed by atoms with Crippen LogP contribution in [0.15, 0.2) is 42.5 Å². The van der Waals surface area contributed by atoms with Crippen molar-refractivity contribution in [2.75, 3.05) is 6.54 Å². The molecule has 2 rings (SSSR count). The van der Waals surface area contributed by atoms with E-state index in [1.54, 1.807) is 18.2 Å². The Morgan fingerprint density at radius 1 is 1.05 bits per heavy atom. The van der Waals surface area contributed by atoms with Crippen molar-refractivity contribution in [1.82, 2.24) is 0 Å². The Kier molecular flexibility index (Phi) is 5.57. The van der Waals surface area contributed by atoms with E-state index in [9.17, 15) is 4.79 Å². The monoisotopic (exact) mass is 319 g/mol. The van der Waals surface area contributed by atoms with Gasteiger partial charge in [0.05, 0.1) is 6.54 Å². The fraction of sp³-hybridized carbons (Fsp3) is 0.118. The average molecular weight is 320 g/mol. The third kappa shape index (κ3) is 4.43. The lowest BCUT2D eigenvalue weighted by Crippen LogP contribution is -2.15. The van der Waals surface area contributed by atoms with Gasteiger partial charge in [-0.15, -0.1) is 0 Å². The highest BCUT2D eigenvalue weighted by molar-refractivity contribution is 6.37. The van der Waals surface area contributed by atoms with E-state index in [0.717, 1.165) is 16.7 Å². The Morgan fingerprint density at radius 3 is 2.38 bits per heavy atom. The third-order valence-electron chi connectivity index (χ3n) is 3.02. The zero-order chi connectivity index (χ0) is 15.2. The highest BCUT2D eigenvalue weighted by Crippen LogP contribution is 2.26. The standard InChI is InChI=1S/C17H15Cl2NO/c18-16-5-2-6-17(19)15(16)8-7-12-3-1-4-13(9-12)10-14(21)11-20/h1-9H,10-11,20H2/b8-7+. The van der Waals surface area contributed by atoms with E-state index in [2.05, 4.69) is 0 Å². The van der Waals surface area contributed by atoms with Crippen LogP contribution >= 0.6 is 23.2 Å². The van der Waals surface area contributed by atoms with Crippen LogP contribution in [0.1, 0.15) is 16.7 Å². The second-order valence-electron chi connectivity index (χ2n) is 4.63. The summed E-state index contributed by atoms with van der Waals surface area (Å²) in [7, 11) is 0. The second kappa shape index (κ2) is 7.41. The summed E-state index contributed by atoms with van der Waals surface area (Å²) in [6, 6.07) is 13.1. The van der Waals surface area contributed by atoms with Crippen molar-refractivity contribution in [3.8, 4) is 0 Å². The van der Waals surface area contributed by atoms with Crippen LogP contribution in [0.3, 0.4) is 0 Å². The highest BCUT2D eigenvalue weighted by atomic mass is 35.5. The van der Waals surface area contributed by atoms with Gasteiger partial charge in [-0.1, -0.05) is 65.7 Å². The largest absolute Gasteiger partial charge is 0.324 e. The van der Waals surface area contributed by atoms with Gasteiger partial charge in [0.25, 0.3) is 0 Å². The minimum atomic E-state index is 0.0188. The zero-order valence-corrected chi connectivity index (χ0v) is 12.9. The predicted octanol–water partition coefficient (Wildman–Crippen LogP) is 4.23. The van der Waals surface area contributed by atoms with Crippen LogP contribution in [0.2, 0.25) is 10.0 Å². The molecule has 2 aromatic carbocycles. The lowest BCUT2D eigenvalue weighted by molar-refractivity contribution is -0.117. The molecular weight excluding hydrogens is 305 g/mol. The van der Waals surface area contributed by atoms with Crippen LogP contribution in [-0.4, -0.2) is 12.3 Å². The van der Waals surface area contributed by atoms with E-state index in [1.807, 2.05) is 36.4 Å². The van der Waals surface area contributed by atoms with Gasteiger partial charge < -0.3 is 5.73 Å². The number of Topliss-reactive ketones (excluding diaryl/α,β-unsaturated/α-hetero) is 1. The van der Waals surface area contributed by atoms with Gasteiger partial charge in [-0.2, -0.15) is 0 Å². The number of ketones is 1. The maximum atomic E-state index is 11.4. The number of nitrogens with two attached hydrogens (primary N) is 1. The highest BCUT2D eigenvalue weighted by Gasteiger charge is 2.03. The number of benzene rings is 2. The number of halogens is 2. The van der Waals surface area contributed by atoms with Gasteiger partial charge >= 0.3 is 0 Å². The quantitative estimate of drug-likeness (QED) is 0.838. The maximum absolute atomic E-state index is 11.4. The van der Waals surface area contributed by atoms with Gasteiger partial charge in [0, 0.05) is 22.0 Å². The molecule has 0 amide bonds. The predicted molar refractivity (Wildman–Crippen MR) is 89.6 cm³/mol. The summed E-state index contributed by atoms with van der Waals surface area (Å²) in [6.07, 6.45) is 4.14. The molecule has 0 spiro atoms. The van der Waals surface area contributed by atoms with E-state index in [0.29, 0.717) is 16.5 Å². The van der Waals surface area contributed by atoms with E-state index in [-0.39, 0.29) is 12.3 Å². The molecular formula is C17H15Cl2NO. The van der Waals surface area contributed by atoms with E-state index in [1.165, 1.54) is 0 Å². The SMILES string of the molecule is NCC(=O)Cc1cccc(/C=C/c2c(Cl)cccc2Cl)c1. The lowest BCUT2D eigenvalue weighted by Gasteiger charge is -2.03. The number of carbonyl (C=O) groups is 1. The number of hydrogen-bond acceptors (Lipinski definition) is 2. The Balaban J connectivity index is 2.21. The fourth-order valence-electron chi connectivity index (χ4n) is 1.96. The lowest BCUT2D eigenvalue weighted by atomic mass is 10.0. The van der Waals surface area contributed by atoms with Crippen LogP contribution in [0.5, 0.6) is 0 Å². The first-order valence-electron chi connectivity index (χ1n) is 6.53. The second-order valence-corrected chi connectivity index (χ2v) is 5.45. The Morgan fingerprint density at radius 2 is 1.71 bits per heavy atom. The summed E-state index contributed by atoms with van der Waals surface area (Å²) in [6.45, 7) is 0.0648. The topological polar surface area (TPSA) is 43.1 Å². The van der Waals surface area contributed by atoms with Crippen molar-refractivity contribution < 1.29 is 4.79 Å². The molecule has 0 aliphatic rings. The van der Waals surface area contributed by atoms with E-state index < -0.39 is 0 Å². The molecule has 0 atom stereocenters. The van der Waals surface area contributed by atoms with Crippen LogP contribution in [0.4, 0.5) is 0 Å². The van der Waals surface area contributed by atoms with E-state index >= 15 is 0 Å². The number of hydrogen-bond donors (Lipinski definition) is 1. The van der Waals surface area contributed by atoms with Gasteiger partial charge in [-0.3, -0.25) is 4.79 Å². The molecule has 0 saturated heterocycles. The van der Waals surface area contributed by atoms with Crippen LogP contribution in [0.25, 0.3) is 12.2 Å². The molecule has 0 radical (unpaired) electrons. The molecule has 0 aliphatic carbocycles. The molecule has 0 saturated carbocycles. The van der Waals surface area contributed by atoms with Crippen LogP contribution < -0.4 is 5.73 Å². The molecule has 0 unspecified atom stereocenters. The molecule has 0 aromatic heterocycles. The summed E-state index contributed by atoms with van der Waals surface area (Å²) in [5.41, 5.74) is 8.04. The molecule has 108 valence electrons. The van der Waals surface area contributed by atoms with Crippen molar-refractivity contribution in [3.05, 3.63) is 69.2 Å². The smallest absolute Gasteiger partial charge is 0.150 e. The summed E-state index contributed by atoms with van der Waals surface area (Å²) >= 11 is 12.2. The Hall–Kier alpha value is -1.61.